The molecular weight excluding hydrogens is 364 g/mol. The summed E-state index contributed by atoms with van der Waals surface area (Å²) >= 11 is 1.59. The number of fused-ring (bicyclic) bond motifs is 2. The summed E-state index contributed by atoms with van der Waals surface area (Å²) in [6.07, 6.45) is 7.41. The van der Waals surface area contributed by atoms with Crippen molar-refractivity contribution in [1.29, 1.82) is 0 Å². The average molecular weight is 386 g/mol. The Balaban J connectivity index is 1.45. The Morgan fingerprint density at radius 3 is 2.93 bits per heavy atom. The van der Waals surface area contributed by atoms with E-state index in [9.17, 15) is 4.79 Å². The number of ether oxygens (including phenoxy) is 3. The number of nitrogens with one attached hydrogen (secondary N) is 1. The van der Waals surface area contributed by atoms with Crippen molar-refractivity contribution in [1.82, 2.24) is 5.43 Å². The zero-order chi connectivity index (χ0) is 18.6. The highest BCUT2D eigenvalue weighted by molar-refractivity contribution is 7.14. The van der Waals surface area contributed by atoms with Crippen LogP contribution >= 0.6 is 11.3 Å². The number of hydrazone groups is 1. The van der Waals surface area contributed by atoms with Gasteiger partial charge in [-0.3, -0.25) is 4.79 Å². The summed E-state index contributed by atoms with van der Waals surface area (Å²) < 4.78 is 16.5. The Morgan fingerprint density at radius 2 is 2.04 bits per heavy atom. The van der Waals surface area contributed by atoms with Gasteiger partial charge in [-0.05, 0) is 49.4 Å². The maximum atomic E-state index is 12.4. The molecule has 142 valence electrons. The van der Waals surface area contributed by atoms with E-state index < -0.39 is 0 Å². The summed E-state index contributed by atoms with van der Waals surface area (Å²) in [6.45, 7) is 0.994. The van der Waals surface area contributed by atoms with Crippen LogP contribution in [-0.4, -0.2) is 32.4 Å². The van der Waals surface area contributed by atoms with Crippen LogP contribution in [0.2, 0.25) is 0 Å². The van der Waals surface area contributed by atoms with Gasteiger partial charge >= 0.3 is 0 Å². The van der Waals surface area contributed by atoms with Crippen molar-refractivity contribution in [3.63, 3.8) is 0 Å². The van der Waals surface area contributed by atoms with E-state index >= 15 is 0 Å². The van der Waals surface area contributed by atoms with Crippen molar-refractivity contribution in [2.24, 2.45) is 5.10 Å². The molecule has 1 amide bonds. The first-order valence-corrected chi connectivity index (χ1v) is 9.99. The molecule has 0 spiro atoms. The third-order valence-electron chi connectivity index (χ3n) is 4.70. The highest BCUT2D eigenvalue weighted by Gasteiger charge is 2.18. The summed E-state index contributed by atoms with van der Waals surface area (Å²) in [6, 6.07) is 5.64. The molecule has 1 aliphatic carbocycles. The molecule has 2 aliphatic rings. The zero-order valence-electron chi connectivity index (χ0n) is 15.2. The first-order chi connectivity index (χ1) is 13.2. The molecule has 6 nitrogen and oxygen atoms in total. The lowest BCUT2D eigenvalue weighted by atomic mass is 10.1. The maximum absolute atomic E-state index is 12.4. The van der Waals surface area contributed by atoms with Crippen molar-refractivity contribution in [2.75, 3.05) is 20.3 Å². The molecule has 1 N–H and O–H groups in total. The average Bonchev–Trinajstić information content (AvgIpc) is 2.98. The van der Waals surface area contributed by atoms with E-state index in [1.165, 1.54) is 29.7 Å². The number of methoxy groups -OCH3 is 1. The number of hydrogen-bond acceptors (Lipinski definition) is 6. The molecule has 4 rings (SSSR count). The van der Waals surface area contributed by atoms with E-state index in [0.29, 0.717) is 30.5 Å². The number of hydrogen-bond donors (Lipinski definition) is 1. The monoisotopic (exact) mass is 386 g/mol. The van der Waals surface area contributed by atoms with Gasteiger partial charge in [-0.2, -0.15) is 5.10 Å². The van der Waals surface area contributed by atoms with Gasteiger partial charge in [0.15, 0.2) is 11.5 Å². The fourth-order valence-electron chi connectivity index (χ4n) is 3.37. The molecule has 2 heterocycles. The number of carbonyl (C=O) groups is 1. The minimum Gasteiger partial charge on any atom is -0.493 e. The van der Waals surface area contributed by atoms with Gasteiger partial charge in [-0.1, -0.05) is 6.42 Å². The highest BCUT2D eigenvalue weighted by atomic mass is 32.1. The number of rotatable bonds is 4. The van der Waals surface area contributed by atoms with Gasteiger partial charge in [-0.15, -0.1) is 11.3 Å². The van der Waals surface area contributed by atoms with E-state index in [1.807, 2.05) is 12.1 Å². The summed E-state index contributed by atoms with van der Waals surface area (Å²) in [4.78, 5) is 14.5. The fourth-order valence-corrected chi connectivity index (χ4v) is 4.51. The van der Waals surface area contributed by atoms with Crippen LogP contribution in [0.4, 0.5) is 0 Å². The van der Waals surface area contributed by atoms with Gasteiger partial charge in [-0.25, -0.2) is 5.43 Å². The van der Waals surface area contributed by atoms with Crippen molar-refractivity contribution < 1.29 is 19.0 Å². The summed E-state index contributed by atoms with van der Waals surface area (Å²) in [5.74, 6) is 1.64. The van der Waals surface area contributed by atoms with Crippen molar-refractivity contribution in [3.8, 4) is 17.2 Å². The molecule has 1 aromatic carbocycles. The standard InChI is InChI=1S/C20H22N2O4S/c1-24-15-9-13(10-16-19(15)26-8-7-25-16)12-21-22-20(23)18-11-14-5-3-2-4-6-17(14)27-18/h9-12H,2-8H2,1H3,(H,22,23)/b21-12-. The van der Waals surface area contributed by atoms with Crippen LogP contribution in [0.15, 0.2) is 23.3 Å². The third-order valence-corrected chi connectivity index (χ3v) is 5.94. The predicted octanol–water partition coefficient (Wildman–Crippen LogP) is 3.56. The molecule has 0 radical (unpaired) electrons. The van der Waals surface area contributed by atoms with Crippen LogP contribution in [0.25, 0.3) is 0 Å². The number of carbonyl (C=O) groups excluding carboxylic acids is 1. The summed E-state index contributed by atoms with van der Waals surface area (Å²) in [5.41, 5.74) is 4.70. The number of thiophene rings is 1. The lowest BCUT2D eigenvalue weighted by Gasteiger charge is -2.20. The summed E-state index contributed by atoms with van der Waals surface area (Å²) in [5, 5.41) is 4.10. The summed E-state index contributed by atoms with van der Waals surface area (Å²) in [7, 11) is 1.58. The molecule has 0 fully saturated rings. The minimum absolute atomic E-state index is 0.172. The Bertz CT molecular complexity index is 834. The molecule has 27 heavy (non-hydrogen) atoms. The lowest BCUT2D eigenvalue weighted by Crippen LogP contribution is -2.17. The van der Waals surface area contributed by atoms with Crippen molar-refractivity contribution >= 4 is 23.5 Å². The molecule has 1 aromatic heterocycles. The third kappa shape index (κ3) is 3.93. The number of amides is 1. The fraction of sp³-hybridized carbons (Fsp3) is 0.400. The van der Waals surface area contributed by atoms with Crippen LogP contribution in [-0.2, 0) is 12.8 Å². The first-order valence-electron chi connectivity index (χ1n) is 9.17. The maximum Gasteiger partial charge on any atom is 0.281 e. The molecule has 2 aromatic rings. The van der Waals surface area contributed by atoms with Gasteiger partial charge in [0.2, 0.25) is 5.75 Å². The van der Waals surface area contributed by atoms with Crippen LogP contribution in [0.5, 0.6) is 17.2 Å². The number of benzene rings is 1. The minimum atomic E-state index is -0.172. The number of aryl methyl sites for hydroxylation is 2. The van der Waals surface area contributed by atoms with Gasteiger partial charge < -0.3 is 14.2 Å². The van der Waals surface area contributed by atoms with Gasteiger partial charge in [0.25, 0.3) is 5.91 Å². The molecule has 7 heteroatoms. The second-order valence-electron chi connectivity index (χ2n) is 6.57. The molecule has 0 saturated carbocycles. The Labute approximate surface area is 162 Å². The Morgan fingerprint density at radius 1 is 1.19 bits per heavy atom. The largest absolute Gasteiger partial charge is 0.493 e. The Hall–Kier alpha value is -2.54. The molecule has 0 unspecified atom stereocenters. The van der Waals surface area contributed by atoms with E-state index in [4.69, 9.17) is 14.2 Å². The quantitative estimate of drug-likeness (QED) is 0.496. The van der Waals surface area contributed by atoms with Crippen LogP contribution in [0, 0.1) is 0 Å². The molecule has 0 atom stereocenters. The topological polar surface area (TPSA) is 69.2 Å². The van der Waals surface area contributed by atoms with E-state index in [2.05, 4.69) is 10.5 Å². The lowest BCUT2D eigenvalue weighted by molar-refractivity contribution is 0.0959. The first kappa shape index (κ1) is 17.9. The van der Waals surface area contributed by atoms with E-state index in [0.717, 1.165) is 23.3 Å². The predicted molar refractivity (Wildman–Crippen MR) is 105 cm³/mol. The van der Waals surface area contributed by atoms with Crippen LogP contribution in [0.3, 0.4) is 0 Å². The van der Waals surface area contributed by atoms with E-state index in [-0.39, 0.29) is 5.91 Å². The van der Waals surface area contributed by atoms with Gasteiger partial charge in [0.1, 0.15) is 13.2 Å². The smallest absolute Gasteiger partial charge is 0.281 e. The van der Waals surface area contributed by atoms with Crippen molar-refractivity contribution in [3.05, 3.63) is 39.1 Å². The van der Waals surface area contributed by atoms with Gasteiger partial charge in [0, 0.05) is 10.4 Å². The second-order valence-corrected chi connectivity index (χ2v) is 7.70. The Kier molecular flexibility index (Phi) is 5.29. The van der Waals surface area contributed by atoms with Gasteiger partial charge in [0.05, 0.1) is 18.2 Å². The van der Waals surface area contributed by atoms with Crippen LogP contribution in [0.1, 0.15) is 44.9 Å². The zero-order valence-corrected chi connectivity index (χ0v) is 16.1. The molecule has 0 saturated heterocycles. The molecule has 0 bridgehead atoms. The van der Waals surface area contributed by atoms with Crippen molar-refractivity contribution in [2.45, 2.75) is 32.1 Å². The molecular formula is C20H22N2O4S. The normalized spacial score (nSPS) is 15.9. The molecule has 1 aliphatic heterocycles. The van der Waals surface area contributed by atoms with Crippen LogP contribution < -0.4 is 19.6 Å². The van der Waals surface area contributed by atoms with E-state index in [1.54, 1.807) is 30.7 Å². The SMILES string of the molecule is COc1cc(/C=N\NC(=O)c2cc3c(s2)CCCCC3)cc2c1OCCO2. The number of nitrogens with zero attached hydrogens (tertiary/aromatic N) is 1. The second kappa shape index (κ2) is 8.00. The highest BCUT2D eigenvalue weighted by Crippen LogP contribution is 2.40.